The maximum atomic E-state index is 12.0. The van der Waals surface area contributed by atoms with E-state index in [2.05, 4.69) is 0 Å². The molecule has 0 N–H and O–H groups in total. The predicted octanol–water partition coefficient (Wildman–Crippen LogP) is 2.51. The number of likely N-dealkylation sites (N-methyl/N-ethyl adjacent to an activating group) is 1. The molecule has 0 aliphatic rings. The van der Waals surface area contributed by atoms with Crippen LogP contribution in [0.1, 0.15) is 12.5 Å². The molecule has 0 saturated heterocycles. The van der Waals surface area contributed by atoms with Gasteiger partial charge in [-0.15, -0.1) is 11.6 Å². The molecular formula is C14H22ClNO3S. The summed E-state index contributed by atoms with van der Waals surface area (Å²) in [5.74, 6) is 1.11. The summed E-state index contributed by atoms with van der Waals surface area (Å²) < 4.78 is 30.9. The van der Waals surface area contributed by atoms with E-state index in [4.69, 9.17) is 16.3 Å². The van der Waals surface area contributed by atoms with Gasteiger partial charge in [-0.05, 0) is 30.5 Å². The smallest absolute Gasteiger partial charge is 0.214 e. The highest BCUT2D eigenvalue weighted by molar-refractivity contribution is 7.89. The Hall–Kier alpha value is -0.780. The van der Waals surface area contributed by atoms with Crippen molar-refractivity contribution in [2.24, 2.45) is 5.92 Å². The Balaban J connectivity index is 2.45. The van der Waals surface area contributed by atoms with E-state index in [1.165, 1.54) is 4.31 Å². The lowest BCUT2D eigenvalue weighted by Gasteiger charge is -2.19. The summed E-state index contributed by atoms with van der Waals surface area (Å²) in [6.07, 6.45) is 0. The third-order valence-electron chi connectivity index (χ3n) is 2.90. The Morgan fingerprint density at radius 2 is 2.10 bits per heavy atom. The molecule has 0 spiro atoms. The number of rotatable bonds is 8. The monoisotopic (exact) mass is 319 g/mol. The van der Waals surface area contributed by atoms with Gasteiger partial charge in [0, 0.05) is 19.5 Å². The molecule has 0 aromatic heterocycles. The van der Waals surface area contributed by atoms with Crippen LogP contribution in [0.5, 0.6) is 5.75 Å². The number of alkyl halides is 1. The molecule has 114 valence electrons. The molecule has 1 atom stereocenters. The molecule has 0 amide bonds. The first kappa shape index (κ1) is 17.3. The van der Waals surface area contributed by atoms with E-state index >= 15 is 0 Å². The summed E-state index contributed by atoms with van der Waals surface area (Å²) in [6.45, 7) is 4.46. The molecule has 4 nitrogen and oxygen atoms in total. The van der Waals surface area contributed by atoms with Gasteiger partial charge in [0.25, 0.3) is 0 Å². The van der Waals surface area contributed by atoms with Crippen LogP contribution in [0.3, 0.4) is 0 Å². The van der Waals surface area contributed by atoms with Crippen LogP contribution >= 0.6 is 11.6 Å². The Bertz CT molecular complexity index is 519. The quantitative estimate of drug-likeness (QED) is 0.692. The van der Waals surface area contributed by atoms with E-state index in [9.17, 15) is 8.42 Å². The highest BCUT2D eigenvalue weighted by Gasteiger charge is 2.20. The van der Waals surface area contributed by atoms with Crippen LogP contribution < -0.4 is 4.74 Å². The fraction of sp³-hybridized carbons (Fsp3) is 0.571. The average Bonchev–Trinajstić information content (AvgIpc) is 2.38. The summed E-state index contributed by atoms with van der Waals surface area (Å²) >= 11 is 5.65. The zero-order valence-corrected chi connectivity index (χ0v) is 13.7. The fourth-order valence-corrected chi connectivity index (χ4v) is 3.35. The summed E-state index contributed by atoms with van der Waals surface area (Å²) in [7, 11) is -1.70. The molecule has 0 fully saturated rings. The molecular weight excluding hydrogens is 298 g/mol. The van der Waals surface area contributed by atoms with Crippen LogP contribution in [-0.4, -0.2) is 44.6 Å². The highest BCUT2D eigenvalue weighted by Crippen LogP contribution is 2.12. The van der Waals surface area contributed by atoms with Gasteiger partial charge >= 0.3 is 0 Å². The molecule has 0 aliphatic carbocycles. The number of nitrogens with zero attached hydrogens (tertiary/aromatic N) is 1. The minimum atomic E-state index is -3.27. The number of halogens is 1. The summed E-state index contributed by atoms with van der Waals surface area (Å²) in [6, 6.07) is 7.67. The van der Waals surface area contributed by atoms with Crippen molar-refractivity contribution in [3.05, 3.63) is 29.8 Å². The molecule has 1 unspecified atom stereocenters. The van der Waals surface area contributed by atoms with Crippen LogP contribution in [0.15, 0.2) is 24.3 Å². The first-order valence-electron chi connectivity index (χ1n) is 6.54. The Morgan fingerprint density at radius 3 is 2.70 bits per heavy atom. The molecule has 0 saturated carbocycles. The minimum absolute atomic E-state index is 0.0539. The summed E-state index contributed by atoms with van der Waals surface area (Å²) in [5, 5.41) is 0. The van der Waals surface area contributed by atoms with Crippen LogP contribution in [0.4, 0.5) is 0 Å². The van der Waals surface area contributed by atoms with Crippen molar-refractivity contribution in [1.82, 2.24) is 4.31 Å². The van der Waals surface area contributed by atoms with Gasteiger partial charge < -0.3 is 4.74 Å². The Kier molecular flexibility index (Phi) is 6.79. The number of ether oxygens (including phenoxy) is 1. The van der Waals surface area contributed by atoms with E-state index in [0.717, 1.165) is 11.3 Å². The molecule has 6 heteroatoms. The van der Waals surface area contributed by atoms with E-state index in [0.29, 0.717) is 19.0 Å². The van der Waals surface area contributed by atoms with Gasteiger partial charge in [-0.3, -0.25) is 0 Å². The molecule has 0 bridgehead atoms. The maximum absolute atomic E-state index is 12.0. The lowest BCUT2D eigenvalue weighted by molar-refractivity contribution is 0.286. The predicted molar refractivity (Wildman–Crippen MR) is 83.0 cm³/mol. The zero-order valence-electron chi connectivity index (χ0n) is 12.2. The first-order chi connectivity index (χ1) is 9.35. The van der Waals surface area contributed by atoms with Gasteiger partial charge in [0.1, 0.15) is 12.4 Å². The molecule has 0 heterocycles. The second kappa shape index (κ2) is 7.86. The summed E-state index contributed by atoms with van der Waals surface area (Å²) in [4.78, 5) is 0. The molecule has 20 heavy (non-hydrogen) atoms. The van der Waals surface area contributed by atoms with Crippen molar-refractivity contribution >= 4 is 21.6 Å². The van der Waals surface area contributed by atoms with Crippen LogP contribution in [0, 0.1) is 12.8 Å². The average molecular weight is 320 g/mol. The molecule has 1 rings (SSSR count). The summed E-state index contributed by atoms with van der Waals surface area (Å²) in [5.41, 5.74) is 1.11. The lowest BCUT2D eigenvalue weighted by atomic mass is 10.2. The van der Waals surface area contributed by atoms with Gasteiger partial charge in [0.05, 0.1) is 5.75 Å². The second-order valence-corrected chi connectivity index (χ2v) is 7.45. The van der Waals surface area contributed by atoms with Gasteiger partial charge in [0.15, 0.2) is 0 Å². The first-order valence-corrected chi connectivity index (χ1v) is 8.69. The van der Waals surface area contributed by atoms with Crippen molar-refractivity contribution in [2.45, 2.75) is 13.8 Å². The van der Waals surface area contributed by atoms with Crippen molar-refractivity contribution in [3.63, 3.8) is 0 Å². The second-order valence-electron chi connectivity index (χ2n) is 5.02. The number of hydrogen-bond acceptors (Lipinski definition) is 3. The molecule has 1 aromatic rings. The van der Waals surface area contributed by atoms with Crippen molar-refractivity contribution in [3.8, 4) is 5.75 Å². The zero-order chi connectivity index (χ0) is 15.2. The van der Waals surface area contributed by atoms with Crippen LogP contribution in [0.25, 0.3) is 0 Å². The van der Waals surface area contributed by atoms with Gasteiger partial charge in [-0.1, -0.05) is 19.1 Å². The Labute approximate surface area is 126 Å². The van der Waals surface area contributed by atoms with Crippen LogP contribution in [-0.2, 0) is 10.0 Å². The maximum Gasteiger partial charge on any atom is 0.214 e. The lowest BCUT2D eigenvalue weighted by Crippen LogP contribution is -2.34. The third-order valence-corrected chi connectivity index (χ3v) is 5.55. The third kappa shape index (κ3) is 5.69. The van der Waals surface area contributed by atoms with Crippen molar-refractivity contribution in [2.75, 3.05) is 31.8 Å². The van der Waals surface area contributed by atoms with Gasteiger partial charge in [-0.25, -0.2) is 12.7 Å². The SMILES string of the molecule is Cc1cccc(OCCN(C)S(=O)(=O)CC(C)CCl)c1. The van der Waals surface area contributed by atoms with E-state index < -0.39 is 10.0 Å². The van der Waals surface area contributed by atoms with Gasteiger partial charge in [0.2, 0.25) is 10.0 Å². The van der Waals surface area contributed by atoms with E-state index in [-0.39, 0.29) is 11.7 Å². The van der Waals surface area contributed by atoms with Gasteiger partial charge in [-0.2, -0.15) is 0 Å². The van der Waals surface area contributed by atoms with E-state index in [1.54, 1.807) is 7.05 Å². The fourth-order valence-electron chi connectivity index (χ4n) is 1.67. The number of sulfonamides is 1. The molecule has 0 radical (unpaired) electrons. The molecule has 0 aliphatic heterocycles. The van der Waals surface area contributed by atoms with E-state index in [1.807, 2.05) is 38.1 Å². The highest BCUT2D eigenvalue weighted by atomic mass is 35.5. The number of hydrogen-bond donors (Lipinski definition) is 0. The number of benzene rings is 1. The standard InChI is InChI=1S/C14H22ClNO3S/c1-12-5-4-6-14(9-12)19-8-7-16(3)20(17,18)11-13(2)10-15/h4-6,9,13H,7-8,10-11H2,1-3H3. The largest absolute Gasteiger partial charge is 0.492 e. The van der Waals surface area contributed by atoms with Crippen molar-refractivity contribution in [1.29, 1.82) is 0 Å². The topological polar surface area (TPSA) is 46.6 Å². The van der Waals surface area contributed by atoms with Crippen LogP contribution in [0.2, 0.25) is 0 Å². The number of aryl methyl sites for hydroxylation is 1. The normalized spacial score (nSPS) is 13.4. The minimum Gasteiger partial charge on any atom is -0.492 e. The Morgan fingerprint density at radius 1 is 1.40 bits per heavy atom. The molecule has 1 aromatic carbocycles. The van der Waals surface area contributed by atoms with Crippen molar-refractivity contribution < 1.29 is 13.2 Å².